The molecule has 134 valence electrons. The van der Waals surface area contributed by atoms with Gasteiger partial charge in [0.1, 0.15) is 5.82 Å². The zero-order valence-corrected chi connectivity index (χ0v) is 16.0. The molecule has 2 aromatic carbocycles. The quantitative estimate of drug-likeness (QED) is 0.606. The number of thiocarbonyl (C=S) groups is 1. The minimum atomic E-state index is -0.362. The molecule has 2 N–H and O–H groups in total. The van der Waals surface area contributed by atoms with E-state index in [9.17, 15) is 4.39 Å². The Balaban J connectivity index is 1.77. The van der Waals surface area contributed by atoms with Crippen LogP contribution >= 0.6 is 23.8 Å². The molecular formula is C19H18ClFN4S. The van der Waals surface area contributed by atoms with Gasteiger partial charge >= 0.3 is 0 Å². The van der Waals surface area contributed by atoms with Gasteiger partial charge in [-0.25, -0.2) is 4.39 Å². The first-order valence-corrected chi connectivity index (χ1v) is 8.84. The van der Waals surface area contributed by atoms with Gasteiger partial charge in [-0.15, -0.1) is 0 Å². The van der Waals surface area contributed by atoms with Crippen molar-refractivity contribution in [1.82, 2.24) is 9.78 Å². The van der Waals surface area contributed by atoms with Crippen LogP contribution in [0.5, 0.6) is 0 Å². The maximum absolute atomic E-state index is 13.8. The van der Waals surface area contributed by atoms with Gasteiger partial charge in [0.25, 0.3) is 0 Å². The molecule has 0 aliphatic rings. The summed E-state index contributed by atoms with van der Waals surface area (Å²) in [6.45, 7) is 4.40. The predicted octanol–water partition coefficient (Wildman–Crippen LogP) is 5.15. The Morgan fingerprint density at radius 2 is 1.81 bits per heavy atom. The summed E-state index contributed by atoms with van der Waals surface area (Å²) in [5.74, 6) is -0.362. The Kier molecular flexibility index (Phi) is 5.54. The van der Waals surface area contributed by atoms with E-state index in [1.807, 2.05) is 42.8 Å². The van der Waals surface area contributed by atoms with E-state index in [1.165, 1.54) is 6.07 Å². The third-order valence-electron chi connectivity index (χ3n) is 4.02. The van der Waals surface area contributed by atoms with Gasteiger partial charge in [-0.3, -0.25) is 4.68 Å². The molecule has 1 aromatic heterocycles. The minimum Gasteiger partial charge on any atom is -0.330 e. The van der Waals surface area contributed by atoms with Gasteiger partial charge in [0, 0.05) is 5.02 Å². The summed E-state index contributed by atoms with van der Waals surface area (Å²) in [6, 6.07) is 14.0. The molecule has 3 aromatic rings. The molecule has 0 aliphatic carbocycles. The van der Waals surface area contributed by atoms with Crippen molar-refractivity contribution >= 4 is 40.3 Å². The van der Waals surface area contributed by atoms with Crippen LogP contribution < -0.4 is 10.6 Å². The number of halogens is 2. The summed E-state index contributed by atoms with van der Waals surface area (Å²) in [5, 5.41) is 11.5. The van der Waals surface area contributed by atoms with Crippen molar-refractivity contribution in [2.24, 2.45) is 0 Å². The molecule has 26 heavy (non-hydrogen) atoms. The number of hydrogen-bond donors (Lipinski definition) is 2. The van der Waals surface area contributed by atoms with Gasteiger partial charge in [-0.05, 0) is 49.8 Å². The summed E-state index contributed by atoms with van der Waals surface area (Å²) >= 11 is 11.5. The number of nitrogens with one attached hydrogen (secondary N) is 2. The maximum atomic E-state index is 13.8. The molecule has 7 heteroatoms. The normalized spacial score (nSPS) is 10.6. The number of anilines is 2. The van der Waals surface area contributed by atoms with Crippen molar-refractivity contribution in [3.8, 4) is 0 Å². The predicted molar refractivity (Wildman–Crippen MR) is 108 cm³/mol. The van der Waals surface area contributed by atoms with Crippen LogP contribution in [0.1, 0.15) is 17.0 Å². The van der Waals surface area contributed by atoms with Crippen molar-refractivity contribution in [1.29, 1.82) is 0 Å². The second-order valence-electron chi connectivity index (χ2n) is 5.85. The van der Waals surface area contributed by atoms with Gasteiger partial charge in [0.2, 0.25) is 0 Å². The number of aromatic nitrogens is 2. The summed E-state index contributed by atoms with van der Waals surface area (Å²) in [6.07, 6.45) is 0. The monoisotopic (exact) mass is 388 g/mol. The zero-order valence-electron chi connectivity index (χ0n) is 14.4. The molecule has 0 saturated heterocycles. The Labute approximate surface area is 162 Å². The first-order chi connectivity index (χ1) is 12.5. The lowest BCUT2D eigenvalue weighted by Crippen LogP contribution is -2.20. The molecular weight excluding hydrogens is 371 g/mol. The number of benzene rings is 2. The van der Waals surface area contributed by atoms with Crippen LogP contribution in [0.25, 0.3) is 0 Å². The first-order valence-electron chi connectivity index (χ1n) is 8.05. The van der Waals surface area contributed by atoms with Gasteiger partial charge in [0.05, 0.1) is 29.3 Å². The van der Waals surface area contributed by atoms with Crippen LogP contribution in [-0.4, -0.2) is 14.9 Å². The lowest BCUT2D eigenvalue weighted by molar-refractivity contribution is 0.632. The van der Waals surface area contributed by atoms with Crippen LogP contribution in [0.2, 0.25) is 5.02 Å². The molecule has 0 fully saturated rings. The van der Waals surface area contributed by atoms with E-state index in [4.69, 9.17) is 23.8 Å². The summed E-state index contributed by atoms with van der Waals surface area (Å²) in [4.78, 5) is 0. The highest BCUT2D eigenvalue weighted by Crippen LogP contribution is 2.23. The van der Waals surface area contributed by atoms with E-state index in [0.717, 1.165) is 22.6 Å². The average molecular weight is 389 g/mol. The molecule has 0 saturated carbocycles. The zero-order chi connectivity index (χ0) is 18.7. The largest absolute Gasteiger partial charge is 0.330 e. The van der Waals surface area contributed by atoms with E-state index in [-0.39, 0.29) is 5.82 Å². The van der Waals surface area contributed by atoms with Gasteiger partial charge in [-0.2, -0.15) is 5.10 Å². The van der Waals surface area contributed by atoms with E-state index in [2.05, 4.69) is 15.7 Å². The first kappa shape index (κ1) is 18.4. The van der Waals surface area contributed by atoms with E-state index < -0.39 is 0 Å². The summed E-state index contributed by atoms with van der Waals surface area (Å²) in [7, 11) is 0. The standard InChI is InChI=1S/C19H18ClFN4S/c1-12-18(23-19(26)22-17-10-6-5-9-16(17)21)13(2)25(24-12)11-14-7-3-4-8-15(14)20/h3-10H,11H2,1-2H3,(H2,22,23,26). The highest BCUT2D eigenvalue weighted by Gasteiger charge is 2.14. The minimum absolute atomic E-state index is 0.304. The molecule has 0 bridgehead atoms. The molecule has 3 rings (SSSR count). The van der Waals surface area contributed by atoms with E-state index in [1.54, 1.807) is 18.2 Å². The third-order valence-corrected chi connectivity index (χ3v) is 4.59. The smallest absolute Gasteiger partial charge is 0.175 e. The molecule has 0 unspecified atom stereocenters. The number of para-hydroxylation sites is 1. The second kappa shape index (κ2) is 7.85. The fraction of sp³-hybridized carbons (Fsp3) is 0.158. The van der Waals surface area contributed by atoms with Crippen LogP contribution in [0.15, 0.2) is 48.5 Å². The van der Waals surface area contributed by atoms with Crippen molar-refractivity contribution in [3.05, 3.63) is 76.3 Å². The molecule has 1 heterocycles. The topological polar surface area (TPSA) is 41.9 Å². The van der Waals surface area contributed by atoms with Gasteiger partial charge in [-0.1, -0.05) is 41.9 Å². The second-order valence-corrected chi connectivity index (χ2v) is 6.67. The summed E-state index contributed by atoms with van der Waals surface area (Å²) in [5.41, 5.74) is 3.82. The number of aryl methyl sites for hydroxylation is 1. The van der Waals surface area contributed by atoms with Crippen molar-refractivity contribution in [2.45, 2.75) is 20.4 Å². The highest BCUT2D eigenvalue weighted by atomic mass is 35.5. The number of rotatable bonds is 4. The van der Waals surface area contributed by atoms with Gasteiger partial charge < -0.3 is 10.6 Å². The van der Waals surface area contributed by atoms with Crippen LogP contribution in [-0.2, 0) is 6.54 Å². The van der Waals surface area contributed by atoms with Crippen molar-refractivity contribution in [3.63, 3.8) is 0 Å². The maximum Gasteiger partial charge on any atom is 0.175 e. The average Bonchev–Trinajstić information content (AvgIpc) is 2.86. The molecule has 0 atom stereocenters. The van der Waals surface area contributed by atoms with Crippen LogP contribution in [0, 0.1) is 19.7 Å². The van der Waals surface area contributed by atoms with Gasteiger partial charge in [0.15, 0.2) is 5.11 Å². The van der Waals surface area contributed by atoms with Crippen LogP contribution in [0.4, 0.5) is 15.8 Å². The summed E-state index contributed by atoms with van der Waals surface area (Å²) < 4.78 is 15.6. The Hall–Kier alpha value is -2.44. The molecule has 0 amide bonds. The Bertz CT molecular complexity index is 954. The van der Waals surface area contributed by atoms with E-state index >= 15 is 0 Å². The third kappa shape index (κ3) is 4.03. The molecule has 0 aliphatic heterocycles. The van der Waals surface area contributed by atoms with Crippen LogP contribution in [0.3, 0.4) is 0 Å². The fourth-order valence-corrected chi connectivity index (χ4v) is 3.06. The Morgan fingerprint density at radius 1 is 1.12 bits per heavy atom. The van der Waals surface area contributed by atoms with E-state index in [0.29, 0.717) is 22.4 Å². The lowest BCUT2D eigenvalue weighted by atomic mass is 10.2. The highest BCUT2D eigenvalue weighted by molar-refractivity contribution is 7.80. The number of nitrogens with zero attached hydrogens (tertiary/aromatic N) is 2. The molecule has 4 nitrogen and oxygen atoms in total. The van der Waals surface area contributed by atoms with Crippen molar-refractivity contribution < 1.29 is 4.39 Å². The van der Waals surface area contributed by atoms with Crippen molar-refractivity contribution in [2.75, 3.05) is 10.6 Å². The Morgan fingerprint density at radius 3 is 2.54 bits per heavy atom. The number of hydrogen-bond acceptors (Lipinski definition) is 2. The lowest BCUT2D eigenvalue weighted by Gasteiger charge is -2.12. The molecule has 0 radical (unpaired) electrons. The molecule has 0 spiro atoms. The SMILES string of the molecule is Cc1nn(Cc2ccccc2Cl)c(C)c1NC(=S)Nc1ccccc1F. The fourth-order valence-electron chi connectivity index (χ4n) is 2.65.